The predicted octanol–water partition coefficient (Wildman–Crippen LogP) is 1.71. The summed E-state index contributed by atoms with van der Waals surface area (Å²) in [5.74, 6) is 0.770. The van der Waals surface area contributed by atoms with Gasteiger partial charge in [0.15, 0.2) is 0 Å². The van der Waals surface area contributed by atoms with Gasteiger partial charge in [-0.1, -0.05) is 32.0 Å². The number of nitrogens with two attached hydrogens (primary N) is 1. The highest BCUT2D eigenvalue weighted by molar-refractivity contribution is 5.36. The number of aliphatic hydroxyl groups is 1. The molecule has 1 rings (SSSR count). The van der Waals surface area contributed by atoms with Crippen LogP contribution in [-0.4, -0.2) is 18.8 Å². The highest BCUT2D eigenvalue weighted by atomic mass is 16.5. The van der Waals surface area contributed by atoms with Gasteiger partial charge in [0.2, 0.25) is 0 Å². The Labute approximate surface area is 90.9 Å². The molecule has 1 aromatic rings. The number of methoxy groups -OCH3 is 1. The molecule has 0 saturated heterocycles. The van der Waals surface area contributed by atoms with Gasteiger partial charge in [0.25, 0.3) is 0 Å². The normalized spacial score (nSPS) is 13.7. The van der Waals surface area contributed by atoms with Gasteiger partial charge >= 0.3 is 0 Å². The Morgan fingerprint density at radius 2 is 2.00 bits per heavy atom. The van der Waals surface area contributed by atoms with Crippen LogP contribution in [0.2, 0.25) is 0 Å². The molecule has 3 N–H and O–H groups in total. The SMILES string of the molecule is COc1ccccc1[C@H](N)C(C)(C)CO. The standard InChI is InChI=1S/C12H19NO2/c1-12(2,8-14)11(13)9-6-4-5-7-10(9)15-3/h4-7,11,14H,8,13H2,1-3H3/t11-/m0/s1. The van der Waals surface area contributed by atoms with E-state index in [0.717, 1.165) is 11.3 Å². The largest absolute Gasteiger partial charge is 0.496 e. The number of benzene rings is 1. The van der Waals surface area contributed by atoms with Gasteiger partial charge < -0.3 is 15.6 Å². The smallest absolute Gasteiger partial charge is 0.123 e. The summed E-state index contributed by atoms with van der Waals surface area (Å²) in [6.45, 7) is 3.92. The summed E-state index contributed by atoms with van der Waals surface area (Å²) in [7, 11) is 1.62. The first kappa shape index (κ1) is 12.0. The Morgan fingerprint density at radius 1 is 1.40 bits per heavy atom. The monoisotopic (exact) mass is 209 g/mol. The van der Waals surface area contributed by atoms with E-state index in [1.807, 2.05) is 38.1 Å². The first-order valence-electron chi connectivity index (χ1n) is 5.02. The van der Waals surface area contributed by atoms with Gasteiger partial charge in [0.05, 0.1) is 7.11 Å². The fourth-order valence-electron chi connectivity index (χ4n) is 1.44. The molecule has 0 unspecified atom stereocenters. The fourth-order valence-corrected chi connectivity index (χ4v) is 1.44. The lowest BCUT2D eigenvalue weighted by Crippen LogP contribution is -2.32. The fraction of sp³-hybridized carbons (Fsp3) is 0.500. The molecule has 0 saturated carbocycles. The van der Waals surface area contributed by atoms with Crippen molar-refractivity contribution in [1.82, 2.24) is 0 Å². The summed E-state index contributed by atoms with van der Waals surface area (Å²) in [6, 6.07) is 7.40. The van der Waals surface area contributed by atoms with Gasteiger partial charge in [-0.25, -0.2) is 0 Å². The first-order valence-corrected chi connectivity index (χ1v) is 5.02. The second-order valence-corrected chi connectivity index (χ2v) is 4.37. The van der Waals surface area contributed by atoms with Crippen LogP contribution in [0.4, 0.5) is 0 Å². The van der Waals surface area contributed by atoms with Crippen LogP contribution in [0.1, 0.15) is 25.5 Å². The van der Waals surface area contributed by atoms with Crippen LogP contribution in [0.3, 0.4) is 0 Å². The van der Waals surface area contributed by atoms with Crippen molar-refractivity contribution in [1.29, 1.82) is 0 Å². The Balaban J connectivity index is 3.05. The Hall–Kier alpha value is -1.06. The number of aliphatic hydroxyl groups excluding tert-OH is 1. The third kappa shape index (κ3) is 2.49. The summed E-state index contributed by atoms with van der Waals surface area (Å²) in [6.07, 6.45) is 0. The molecule has 1 atom stereocenters. The highest BCUT2D eigenvalue weighted by Crippen LogP contribution is 2.35. The van der Waals surface area contributed by atoms with Gasteiger partial charge in [-0.2, -0.15) is 0 Å². The van der Waals surface area contributed by atoms with Crippen molar-refractivity contribution in [3.8, 4) is 5.75 Å². The van der Waals surface area contributed by atoms with Gasteiger partial charge in [0, 0.05) is 23.6 Å². The number of ether oxygens (including phenoxy) is 1. The van der Waals surface area contributed by atoms with E-state index >= 15 is 0 Å². The molecule has 3 heteroatoms. The molecule has 84 valence electrons. The van der Waals surface area contributed by atoms with Crippen LogP contribution in [0.25, 0.3) is 0 Å². The third-order valence-electron chi connectivity index (χ3n) is 2.72. The van der Waals surface area contributed by atoms with E-state index in [0.29, 0.717) is 0 Å². The lowest BCUT2D eigenvalue weighted by Gasteiger charge is -2.30. The van der Waals surface area contributed by atoms with E-state index in [-0.39, 0.29) is 18.1 Å². The molecule has 0 amide bonds. The van der Waals surface area contributed by atoms with Crippen LogP contribution < -0.4 is 10.5 Å². The quantitative estimate of drug-likeness (QED) is 0.793. The highest BCUT2D eigenvalue weighted by Gasteiger charge is 2.28. The molecule has 0 bridgehead atoms. The molecular weight excluding hydrogens is 190 g/mol. The second-order valence-electron chi connectivity index (χ2n) is 4.37. The van der Waals surface area contributed by atoms with Crippen molar-refractivity contribution in [2.75, 3.05) is 13.7 Å². The molecule has 0 spiro atoms. The molecule has 0 aliphatic carbocycles. The predicted molar refractivity (Wildman–Crippen MR) is 60.8 cm³/mol. The van der Waals surface area contributed by atoms with Crippen molar-refractivity contribution in [2.24, 2.45) is 11.1 Å². The van der Waals surface area contributed by atoms with Crippen molar-refractivity contribution in [3.05, 3.63) is 29.8 Å². The van der Waals surface area contributed by atoms with E-state index in [2.05, 4.69) is 0 Å². The average Bonchev–Trinajstić information content (AvgIpc) is 2.28. The van der Waals surface area contributed by atoms with Crippen molar-refractivity contribution in [2.45, 2.75) is 19.9 Å². The molecule has 3 nitrogen and oxygen atoms in total. The van der Waals surface area contributed by atoms with Crippen LogP contribution in [0.5, 0.6) is 5.75 Å². The molecule has 0 fully saturated rings. The number of rotatable bonds is 4. The molecular formula is C12H19NO2. The summed E-state index contributed by atoms with van der Waals surface area (Å²) < 4.78 is 5.24. The van der Waals surface area contributed by atoms with Crippen LogP contribution in [0, 0.1) is 5.41 Å². The van der Waals surface area contributed by atoms with E-state index in [1.54, 1.807) is 7.11 Å². The van der Waals surface area contributed by atoms with Crippen LogP contribution in [0.15, 0.2) is 24.3 Å². The van der Waals surface area contributed by atoms with Gasteiger partial charge in [-0.05, 0) is 6.07 Å². The van der Waals surface area contributed by atoms with E-state index in [1.165, 1.54) is 0 Å². The van der Waals surface area contributed by atoms with Gasteiger partial charge in [-0.3, -0.25) is 0 Å². The summed E-state index contributed by atoms with van der Waals surface area (Å²) in [5, 5.41) is 9.27. The zero-order chi connectivity index (χ0) is 11.5. The molecule has 0 aliphatic heterocycles. The topological polar surface area (TPSA) is 55.5 Å². The van der Waals surface area contributed by atoms with Gasteiger partial charge in [-0.15, -0.1) is 0 Å². The van der Waals surface area contributed by atoms with Crippen LogP contribution >= 0.6 is 0 Å². The van der Waals surface area contributed by atoms with E-state index in [4.69, 9.17) is 10.5 Å². The third-order valence-corrected chi connectivity index (χ3v) is 2.72. The number of hydrogen-bond donors (Lipinski definition) is 2. The maximum atomic E-state index is 9.27. The molecule has 0 aliphatic rings. The van der Waals surface area contributed by atoms with Crippen molar-refractivity contribution in [3.63, 3.8) is 0 Å². The Bertz CT molecular complexity index is 323. The second kappa shape index (κ2) is 4.64. The first-order chi connectivity index (χ1) is 7.03. The molecule has 15 heavy (non-hydrogen) atoms. The van der Waals surface area contributed by atoms with Gasteiger partial charge in [0.1, 0.15) is 5.75 Å². The minimum absolute atomic E-state index is 0.0478. The number of hydrogen-bond acceptors (Lipinski definition) is 3. The zero-order valence-corrected chi connectivity index (χ0v) is 9.53. The zero-order valence-electron chi connectivity index (χ0n) is 9.53. The number of para-hydroxylation sites is 1. The maximum absolute atomic E-state index is 9.27. The lowest BCUT2D eigenvalue weighted by molar-refractivity contribution is 0.131. The molecule has 1 aromatic carbocycles. The summed E-state index contributed by atoms with van der Waals surface area (Å²) in [4.78, 5) is 0. The Morgan fingerprint density at radius 3 is 2.53 bits per heavy atom. The van der Waals surface area contributed by atoms with E-state index < -0.39 is 0 Å². The van der Waals surface area contributed by atoms with Crippen molar-refractivity contribution >= 4 is 0 Å². The van der Waals surface area contributed by atoms with Crippen molar-refractivity contribution < 1.29 is 9.84 Å². The summed E-state index contributed by atoms with van der Waals surface area (Å²) >= 11 is 0. The molecule has 0 aromatic heterocycles. The maximum Gasteiger partial charge on any atom is 0.123 e. The molecule has 0 radical (unpaired) electrons. The summed E-state index contributed by atoms with van der Waals surface area (Å²) in [5.41, 5.74) is 6.70. The molecule has 0 heterocycles. The Kier molecular flexibility index (Phi) is 3.72. The minimum Gasteiger partial charge on any atom is -0.496 e. The van der Waals surface area contributed by atoms with Crippen LogP contribution in [-0.2, 0) is 0 Å². The van der Waals surface area contributed by atoms with E-state index in [9.17, 15) is 5.11 Å². The lowest BCUT2D eigenvalue weighted by atomic mass is 9.81. The average molecular weight is 209 g/mol. The minimum atomic E-state index is -0.353.